The van der Waals surface area contributed by atoms with Crippen LogP contribution in [0.5, 0.6) is 0 Å². The van der Waals surface area contributed by atoms with E-state index in [9.17, 15) is 9.90 Å². The smallest absolute Gasteiger partial charge is 0.138 e. The second-order valence-electron chi connectivity index (χ2n) is 7.39. The number of hydrogen-bond donors (Lipinski definition) is 0. The molecule has 0 radical (unpaired) electrons. The van der Waals surface area contributed by atoms with E-state index >= 15 is 0 Å². The second kappa shape index (κ2) is 13.8. The van der Waals surface area contributed by atoms with Gasteiger partial charge < -0.3 is 9.90 Å². The van der Waals surface area contributed by atoms with Crippen molar-refractivity contribution in [2.75, 3.05) is 19.6 Å². The zero-order valence-corrected chi connectivity index (χ0v) is 18.1. The maximum absolute atomic E-state index is 9.76. The van der Waals surface area contributed by atoms with Crippen LogP contribution in [-0.4, -0.2) is 25.6 Å². The minimum atomic E-state index is -0.932. The van der Waals surface area contributed by atoms with Gasteiger partial charge in [0.1, 0.15) is 5.69 Å². The Morgan fingerprint density at radius 1 is 0.846 bits per heavy atom. The van der Waals surface area contributed by atoms with Crippen molar-refractivity contribution in [3.8, 4) is 0 Å². The average Bonchev–Trinajstić information content (AvgIpc) is 2.56. The lowest BCUT2D eigenvalue weighted by molar-refractivity contribution is -0.305. The molecule has 0 heterocycles. The number of carbonyl (C=O) groups is 1. The maximum Gasteiger partial charge on any atom is 0.138 e. The third-order valence-corrected chi connectivity index (χ3v) is 4.85. The molecule has 0 spiro atoms. The van der Waals surface area contributed by atoms with Gasteiger partial charge in [-0.25, -0.2) is 0 Å². The Kier molecular flexibility index (Phi) is 13.1. The number of hydrogen-bond acceptors (Lipinski definition) is 2. The number of carbonyl (C=O) groups excluding carboxylic acids is 1. The van der Waals surface area contributed by atoms with Gasteiger partial charge in [-0.3, -0.25) is 4.48 Å². The lowest BCUT2D eigenvalue weighted by Crippen LogP contribution is -2.51. The van der Waals surface area contributed by atoms with Crippen LogP contribution in [0.2, 0.25) is 0 Å². The van der Waals surface area contributed by atoms with Gasteiger partial charge in [0.15, 0.2) is 0 Å². The van der Waals surface area contributed by atoms with Crippen molar-refractivity contribution in [3.05, 3.63) is 29.3 Å². The van der Waals surface area contributed by atoms with Gasteiger partial charge in [-0.2, -0.15) is 0 Å². The van der Waals surface area contributed by atoms with E-state index in [0.29, 0.717) is 0 Å². The highest BCUT2D eigenvalue weighted by Crippen LogP contribution is 2.32. The van der Waals surface area contributed by atoms with Gasteiger partial charge >= 0.3 is 0 Å². The van der Waals surface area contributed by atoms with Crippen molar-refractivity contribution in [1.82, 2.24) is 4.48 Å². The fourth-order valence-corrected chi connectivity index (χ4v) is 4.03. The summed E-state index contributed by atoms with van der Waals surface area (Å²) in [5.74, 6) is -0.932. The largest absolute Gasteiger partial charge is 0.550 e. The van der Waals surface area contributed by atoms with Gasteiger partial charge in [0, 0.05) is 17.1 Å². The van der Waals surface area contributed by atoms with Crippen molar-refractivity contribution >= 4 is 11.7 Å². The van der Waals surface area contributed by atoms with Gasteiger partial charge in [0.2, 0.25) is 0 Å². The molecular formula is C23H41NO2. The van der Waals surface area contributed by atoms with E-state index in [1.54, 1.807) is 5.69 Å². The molecule has 0 atom stereocenters. The number of para-hydroxylation sites is 1. The van der Waals surface area contributed by atoms with Crippen LogP contribution in [0.4, 0.5) is 5.69 Å². The first-order valence-corrected chi connectivity index (χ1v) is 10.5. The molecule has 0 amide bonds. The minimum absolute atomic E-state index is 0.216. The third kappa shape index (κ3) is 8.35. The molecular weight excluding hydrogens is 322 g/mol. The fraction of sp³-hybridized carbons (Fsp3) is 0.696. The van der Waals surface area contributed by atoms with Crippen molar-refractivity contribution in [2.24, 2.45) is 0 Å². The maximum atomic E-state index is 9.76. The monoisotopic (exact) mass is 363 g/mol. The van der Waals surface area contributed by atoms with E-state index in [0.717, 1.165) is 19.3 Å². The SMILES string of the molecule is CCCCCC(=O)[O-].CCC[N+](CCC)(CCC)c1c(C)cccc1C. The quantitative estimate of drug-likeness (QED) is 0.402. The molecule has 1 aromatic carbocycles. The Bertz CT molecular complexity index is 474. The van der Waals surface area contributed by atoms with E-state index in [-0.39, 0.29) is 6.42 Å². The summed E-state index contributed by atoms with van der Waals surface area (Å²) in [6, 6.07) is 6.74. The van der Waals surface area contributed by atoms with E-state index < -0.39 is 5.97 Å². The molecule has 3 nitrogen and oxygen atoms in total. The van der Waals surface area contributed by atoms with Gasteiger partial charge in [0.05, 0.1) is 19.6 Å². The number of aryl methyl sites for hydroxylation is 2. The number of rotatable bonds is 11. The minimum Gasteiger partial charge on any atom is -0.550 e. The summed E-state index contributed by atoms with van der Waals surface area (Å²) in [7, 11) is 0. The zero-order chi connectivity index (χ0) is 20.0. The van der Waals surface area contributed by atoms with Crippen LogP contribution >= 0.6 is 0 Å². The summed E-state index contributed by atoms with van der Waals surface area (Å²) in [6.07, 6.45) is 6.81. The molecule has 0 aliphatic heterocycles. The number of carboxylic acid groups (broad SMARTS) is 1. The highest BCUT2D eigenvalue weighted by molar-refractivity contribution is 5.64. The first-order chi connectivity index (χ1) is 12.4. The molecule has 0 bridgehead atoms. The van der Waals surface area contributed by atoms with Crippen LogP contribution < -0.4 is 9.59 Å². The number of aliphatic carboxylic acids is 1. The highest BCUT2D eigenvalue weighted by atomic mass is 16.4. The lowest BCUT2D eigenvalue weighted by atomic mass is 10.0. The molecule has 0 N–H and O–H groups in total. The number of quaternary nitrogens is 1. The molecule has 0 saturated carbocycles. The molecule has 150 valence electrons. The van der Waals surface area contributed by atoms with Crippen molar-refractivity contribution in [2.45, 2.75) is 86.5 Å². The van der Waals surface area contributed by atoms with Crippen molar-refractivity contribution in [1.29, 1.82) is 0 Å². The van der Waals surface area contributed by atoms with E-state index in [2.05, 4.69) is 52.8 Å². The number of unbranched alkanes of at least 4 members (excludes halogenated alkanes) is 2. The Morgan fingerprint density at radius 2 is 1.31 bits per heavy atom. The van der Waals surface area contributed by atoms with Crippen molar-refractivity contribution < 1.29 is 9.90 Å². The first-order valence-electron chi connectivity index (χ1n) is 10.5. The molecule has 1 aromatic rings. The van der Waals surface area contributed by atoms with Gasteiger partial charge in [-0.15, -0.1) is 0 Å². The number of carboxylic acids is 1. The van der Waals surface area contributed by atoms with Gasteiger partial charge in [-0.1, -0.05) is 58.7 Å². The summed E-state index contributed by atoms with van der Waals surface area (Å²) in [5.41, 5.74) is 4.51. The van der Waals surface area contributed by atoms with E-state index in [4.69, 9.17) is 0 Å². The van der Waals surface area contributed by atoms with Gasteiger partial charge in [0.25, 0.3) is 0 Å². The predicted molar refractivity (Wildman–Crippen MR) is 112 cm³/mol. The second-order valence-corrected chi connectivity index (χ2v) is 7.39. The molecule has 0 fully saturated rings. The molecule has 1 rings (SSSR count). The van der Waals surface area contributed by atoms with Crippen LogP contribution in [0.25, 0.3) is 0 Å². The lowest BCUT2D eigenvalue weighted by Gasteiger charge is -2.40. The topological polar surface area (TPSA) is 40.1 Å². The van der Waals surface area contributed by atoms with E-state index in [1.165, 1.54) is 54.5 Å². The standard InChI is InChI=1S/C17H30N.C6H12O2/c1-6-12-18(13-7-2,14-8-3)17-15(4)10-9-11-16(17)5;1-2-3-4-5-6(7)8/h9-11H,6-8,12-14H2,1-5H3;2-5H2,1H3,(H,7,8)/q+1;/p-1. The van der Waals surface area contributed by atoms with Crippen LogP contribution in [0.15, 0.2) is 18.2 Å². The molecule has 0 saturated heterocycles. The highest BCUT2D eigenvalue weighted by Gasteiger charge is 2.30. The summed E-state index contributed by atoms with van der Waals surface area (Å²) in [6.45, 7) is 17.3. The normalized spacial score (nSPS) is 11.0. The average molecular weight is 364 g/mol. The van der Waals surface area contributed by atoms with Crippen molar-refractivity contribution in [3.63, 3.8) is 0 Å². The predicted octanol–water partition coefficient (Wildman–Crippen LogP) is 5.16. The van der Waals surface area contributed by atoms with E-state index in [1.807, 2.05) is 6.92 Å². The van der Waals surface area contributed by atoms with Crippen LogP contribution in [-0.2, 0) is 4.79 Å². The molecule has 0 aliphatic rings. The number of nitrogens with zero attached hydrogens (tertiary/aromatic N) is 1. The first kappa shape index (κ1) is 24.7. The summed E-state index contributed by atoms with van der Waals surface area (Å²) in [4.78, 5) is 9.76. The molecule has 3 heteroatoms. The molecule has 26 heavy (non-hydrogen) atoms. The Balaban J connectivity index is 0.000000660. The van der Waals surface area contributed by atoms with Crippen LogP contribution in [0, 0.1) is 13.8 Å². The Labute approximate surface area is 162 Å². The molecule has 0 aromatic heterocycles. The van der Waals surface area contributed by atoms with Crippen LogP contribution in [0.1, 0.15) is 83.8 Å². The summed E-state index contributed by atoms with van der Waals surface area (Å²) in [5, 5.41) is 9.76. The molecule has 0 unspecified atom stereocenters. The fourth-order valence-electron chi connectivity index (χ4n) is 4.03. The Morgan fingerprint density at radius 3 is 1.65 bits per heavy atom. The zero-order valence-electron chi connectivity index (χ0n) is 18.1. The Hall–Kier alpha value is -1.35. The summed E-state index contributed by atoms with van der Waals surface area (Å²) < 4.78 is 1.18. The summed E-state index contributed by atoms with van der Waals surface area (Å²) >= 11 is 0. The molecule has 0 aliphatic carbocycles. The van der Waals surface area contributed by atoms with Gasteiger partial charge in [-0.05, 0) is 46.0 Å². The van der Waals surface area contributed by atoms with Crippen LogP contribution in [0.3, 0.4) is 0 Å². The third-order valence-electron chi connectivity index (χ3n) is 4.85. The number of benzene rings is 1.